The highest BCUT2D eigenvalue weighted by Crippen LogP contribution is 2.60. The molecule has 22 heavy (non-hydrogen) atoms. The van der Waals surface area contributed by atoms with Gasteiger partial charge in [-0.2, -0.15) is 13.2 Å². The Hall–Kier alpha value is -2.30. The van der Waals surface area contributed by atoms with Gasteiger partial charge in [0.1, 0.15) is 0 Å². The summed E-state index contributed by atoms with van der Waals surface area (Å²) in [5.41, 5.74) is 0.814. The molecule has 0 aliphatic heterocycles. The van der Waals surface area contributed by atoms with Crippen LogP contribution in [0.1, 0.15) is 28.5 Å². The average Bonchev–Trinajstić information content (AvgIpc) is 3.23. The minimum Gasteiger partial charge on any atom is -0.481 e. The van der Waals surface area contributed by atoms with E-state index in [4.69, 9.17) is 0 Å². The second-order valence-electron chi connectivity index (χ2n) is 5.45. The van der Waals surface area contributed by atoms with Crippen LogP contribution >= 0.6 is 0 Å². The number of halogens is 3. The van der Waals surface area contributed by atoms with Gasteiger partial charge in [0, 0.05) is 11.8 Å². The molecule has 3 atom stereocenters. The maximum absolute atomic E-state index is 12.6. The molecule has 1 saturated carbocycles. The predicted molar refractivity (Wildman–Crippen MR) is 74.5 cm³/mol. The lowest BCUT2D eigenvalue weighted by atomic mass is 10.0. The predicted octanol–water partition coefficient (Wildman–Crippen LogP) is 4.29. The molecule has 0 heterocycles. The van der Waals surface area contributed by atoms with Crippen LogP contribution in [0.4, 0.5) is 13.2 Å². The summed E-state index contributed by atoms with van der Waals surface area (Å²) in [5.74, 6) is -1.96. The van der Waals surface area contributed by atoms with Crippen molar-refractivity contribution in [2.75, 3.05) is 0 Å². The number of rotatable bonds is 3. The van der Waals surface area contributed by atoms with E-state index >= 15 is 0 Å². The normalized spacial score (nSPS) is 24.0. The molecule has 1 N–H and O–H groups in total. The van der Waals surface area contributed by atoms with Gasteiger partial charge in [-0.25, -0.2) is 0 Å². The number of hydrogen-bond donors (Lipinski definition) is 1. The Morgan fingerprint density at radius 3 is 1.82 bits per heavy atom. The second-order valence-corrected chi connectivity index (χ2v) is 5.45. The first-order valence-corrected chi connectivity index (χ1v) is 6.84. The molecule has 0 amide bonds. The van der Waals surface area contributed by atoms with Crippen molar-refractivity contribution in [3.05, 3.63) is 71.3 Å². The van der Waals surface area contributed by atoms with Gasteiger partial charge in [-0.15, -0.1) is 0 Å². The summed E-state index contributed by atoms with van der Waals surface area (Å²) in [6.07, 6.45) is -4.38. The van der Waals surface area contributed by atoms with E-state index in [-0.39, 0.29) is 11.8 Å². The smallest absolute Gasteiger partial charge is 0.416 e. The lowest BCUT2D eigenvalue weighted by molar-refractivity contribution is -0.139. The van der Waals surface area contributed by atoms with Crippen LogP contribution in [0.3, 0.4) is 0 Å². The van der Waals surface area contributed by atoms with Crippen molar-refractivity contribution in [3.63, 3.8) is 0 Å². The summed E-state index contributed by atoms with van der Waals surface area (Å²) in [4.78, 5) is 11.4. The zero-order valence-electron chi connectivity index (χ0n) is 11.4. The van der Waals surface area contributed by atoms with Crippen LogP contribution in [0.15, 0.2) is 54.6 Å². The third-order valence-corrected chi connectivity index (χ3v) is 4.11. The maximum Gasteiger partial charge on any atom is 0.416 e. The maximum atomic E-state index is 12.6. The lowest BCUT2D eigenvalue weighted by Crippen LogP contribution is -2.04. The van der Waals surface area contributed by atoms with Crippen LogP contribution in [-0.2, 0) is 11.0 Å². The van der Waals surface area contributed by atoms with Crippen molar-refractivity contribution in [2.45, 2.75) is 18.0 Å². The fraction of sp³-hybridized carbons (Fsp3) is 0.235. The van der Waals surface area contributed by atoms with E-state index in [1.807, 2.05) is 30.3 Å². The largest absolute Gasteiger partial charge is 0.481 e. The summed E-state index contributed by atoms with van der Waals surface area (Å²) < 4.78 is 37.8. The highest BCUT2D eigenvalue weighted by Gasteiger charge is 2.56. The summed E-state index contributed by atoms with van der Waals surface area (Å²) in [6, 6.07) is 14.0. The highest BCUT2D eigenvalue weighted by atomic mass is 19.4. The van der Waals surface area contributed by atoms with E-state index in [1.54, 1.807) is 0 Å². The van der Waals surface area contributed by atoms with E-state index < -0.39 is 23.6 Å². The monoisotopic (exact) mass is 306 g/mol. The molecule has 0 bridgehead atoms. The SMILES string of the molecule is O=C(O)C1[C@@H](c2ccccc2)[C@@H]1c1ccc(C(F)(F)F)cc1. The molecule has 0 radical (unpaired) electrons. The van der Waals surface area contributed by atoms with E-state index in [9.17, 15) is 23.1 Å². The Morgan fingerprint density at radius 2 is 1.36 bits per heavy atom. The molecule has 2 aromatic rings. The van der Waals surface area contributed by atoms with Gasteiger partial charge < -0.3 is 5.11 Å². The summed E-state index contributed by atoms with van der Waals surface area (Å²) >= 11 is 0. The van der Waals surface area contributed by atoms with Gasteiger partial charge in [0.15, 0.2) is 0 Å². The van der Waals surface area contributed by atoms with Gasteiger partial charge in [-0.3, -0.25) is 4.79 Å². The van der Waals surface area contributed by atoms with Gasteiger partial charge in [-0.1, -0.05) is 42.5 Å². The van der Waals surface area contributed by atoms with Crippen LogP contribution in [0.2, 0.25) is 0 Å². The summed E-state index contributed by atoms with van der Waals surface area (Å²) in [5, 5.41) is 9.32. The van der Waals surface area contributed by atoms with Gasteiger partial charge in [0.05, 0.1) is 11.5 Å². The molecule has 0 saturated heterocycles. The van der Waals surface area contributed by atoms with Crippen LogP contribution in [0.25, 0.3) is 0 Å². The second kappa shape index (κ2) is 5.16. The zero-order chi connectivity index (χ0) is 15.9. The Balaban J connectivity index is 1.89. The first kappa shape index (κ1) is 14.6. The number of carboxylic acid groups (broad SMARTS) is 1. The fourth-order valence-electron chi connectivity index (χ4n) is 3.02. The minimum atomic E-state index is -4.38. The number of benzene rings is 2. The van der Waals surface area contributed by atoms with E-state index in [1.165, 1.54) is 12.1 Å². The number of alkyl halides is 3. The third-order valence-electron chi connectivity index (χ3n) is 4.11. The van der Waals surface area contributed by atoms with Crippen molar-refractivity contribution in [2.24, 2.45) is 5.92 Å². The van der Waals surface area contributed by atoms with Crippen LogP contribution < -0.4 is 0 Å². The van der Waals surface area contributed by atoms with Crippen LogP contribution in [0.5, 0.6) is 0 Å². The van der Waals surface area contributed by atoms with Crippen molar-refractivity contribution in [3.8, 4) is 0 Å². The van der Waals surface area contributed by atoms with Crippen LogP contribution in [0, 0.1) is 5.92 Å². The molecule has 114 valence electrons. The van der Waals surface area contributed by atoms with E-state index in [2.05, 4.69) is 0 Å². The summed E-state index contributed by atoms with van der Waals surface area (Å²) in [7, 11) is 0. The van der Waals surface area contributed by atoms with Gasteiger partial charge in [0.2, 0.25) is 0 Å². The molecular formula is C17H13F3O2. The zero-order valence-corrected chi connectivity index (χ0v) is 11.4. The number of aliphatic carboxylic acids is 1. The quantitative estimate of drug-likeness (QED) is 0.918. The standard InChI is InChI=1S/C17H13F3O2/c18-17(19,20)12-8-6-11(7-9-12)14-13(15(14)16(21)22)10-4-2-1-3-5-10/h1-9,13-15H,(H,21,22)/t13-,14-,15?/m0/s1. The van der Waals surface area contributed by atoms with E-state index in [0.717, 1.165) is 17.7 Å². The number of hydrogen-bond acceptors (Lipinski definition) is 1. The molecule has 3 rings (SSSR count). The molecule has 2 nitrogen and oxygen atoms in total. The Bertz CT molecular complexity index is 677. The van der Waals surface area contributed by atoms with Gasteiger partial charge in [0.25, 0.3) is 0 Å². The van der Waals surface area contributed by atoms with E-state index in [0.29, 0.717) is 5.56 Å². The fourth-order valence-corrected chi connectivity index (χ4v) is 3.02. The summed E-state index contributed by atoms with van der Waals surface area (Å²) in [6.45, 7) is 0. The number of carbonyl (C=O) groups is 1. The lowest BCUT2D eigenvalue weighted by Gasteiger charge is -2.07. The highest BCUT2D eigenvalue weighted by molar-refractivity contribution is 5.78. The third kappa shape index (κ3) is 2.58. The molecule has 1 aliphatic rings. The molecule has 0 aromatic heterocycles. The van der Waals surface area contributed by atoms with Crippen molar-refractivity contribution in [1.82, 2.24) is 0 Å². The minimum absolute atomic E-state index is 0.185. The molecular weight excluding hydrogens is 293 g/mol. The number of carboxylic acids is 1. The Morgan fingerprint density at radius 1 is 0.864 bits per heavy atom. The van der Waals surface area contributed by atoms with Crippen molar-refractivity contribution < 1.29 is 23.1 Å². The molecule has 1 aliphatic carbocycles. The molecule has 2 aromatic carbocycles. The van der Waals surface area contributed by atoms with Crippen molar-refractivity contribution in [1.29, 1.82) is 0 Å². The first-order valence-electron chi connectivity index (χ1n) is 6.84. The topological polar surface area (TPSA) is 37.3 Å². The first-order chi connectivity index (χ1) is 10.4. The molecule has 1 fully saturated rings. The Kier molecular flexibility index (Phi) is 3.43. The van der Waals surface area contributed by atoms with Gasteiger partial charge >= 0.3 is 12.1 Å². The Labute approximate surface area is 125 Å². The average molecular weight is 306 g/mol. The molecule has 5 heteroatoms. The molecule has 1 unspecified atom stereocenters. The van der Waals surface area contributed by atoms with Crippen LogP contribution in [-0.4, -0.2) is 11.1 Å². The van der Waals surface area contributed by atoms with Crippen molar-refractivity contribution >= 4 is 5.97 Å². The molecule has 0 spiro atoms. The van der Waals surface area contributed by atoms with Gasteiger partial charge in [-0.05, 0) is 23.3 Å².